The Balaban J connectivity index is 2.50. The molecule has 0 aromatic rings. The van der Waals surface area contributed by atoms with Gasteiger partial charge in [-0.25, -0.2) is 9.21 Å². The molecule has 0 heterocycles. The van der Waals surface area contributed by atoms with Crippen molar-refractivity contribution in [2.24, 2.45) is 11.8 Å². The van der Waals surface area contributed by atoms with E-state index in [0.717, 1.165) is 11.8 Å². The van der Waals surface area contributed by atoms with E-state index in [9.17, 15) is 0 Å². The highest BCUT2D eigenvalue weighted by molar-refractivity contribution is 8.27. The first-order valence-corrected chi connectivity index (χ1v) is 7.46. The lowest BCUT2D eigenvalue weighted by atomic mass is 9.82. The molecule has 2 atom stereocenters. The standard InChI is InChI=1S/C11H22S/c1-10-7-5-6-8-11(10)9-12(2,3)4/h10-11H,2-3,5-9H2,1,4H3/t10-,11?/m0/s1. The van der Waals surface area contributed by atoms with Crippen LogP contribution in [0.3, 0.4) is 0 Å². The van der Waals surface area contributed by atoms with Crippen LogP contribution in [0.25, 0.3) is 0 Å². The van der Waals surface area contributed by atoms with Crippen molar-refractivity contribution in [1.82, 2.24) is 0 Å². The van der Waals surface area contributed by atoms with Gasteiger partial charge in [-0.3, -0.25) is 0 Å². The first-order valence-electron chi connectivity index (χ1n) is 4.91. The maximum absolute atomic E-state index is 4.17. The van der Waals surface area contributed by atoms with Crippen molar-refractivity contribution >= 4 is 20.9 Å². The zero-order chi connectivity index (χ0) is 9.19. The Morgan fingerprint density at radius 3 is 2.33 bits per heavy atom. The van der Waals surface area contributed by atoms with E-state index < -0.39 is 9.21 Å². The summed E-state index contributed by atoms with van der Waals surface area (Å²) in [6.07, 6.45) is 7.96. The Labute approximate surface area is 77.8 Å². The van der Waals surface area contributed by atoms with Crippen molar-refractivity contribution in [3.05, 3.63) is 0 Å². The van der Waals surface area contributed by atoms with E-state index >= 15 is 0 Å². The van der Waals surface area contributed by atoms with E-state index in [1.54, 1.807) is 0 Å². The molecule has 0 nitrogen and oxygen atoms in total. The van der Waals surface area contributed by atoms with Crippen LogP contribution in [-0.4, -0.2) is 23.7 Å². The Morgan fingerprint density at radius 1 is 1.25 bits per heavy atom. The van der Waals surface area contributed by atoms with Crippen LogP contribution in [0.5, 0.6) is 0 Å². The summed E-state index contributed by atoms with van der Waals surface area (Å²) in [5.74, 6) is 11.5. The zero-order valence-electron chi connectivity index (χ0n) is 8.51. The second kappa shape index (κ2) is 3.87. The molecule has 0 bridgehead atoms. The molecule has 0 saturated heterocycles. The Kier molecular flexibility index (Phi) is 3.28. The molecule has 0 spiro atoms. The highest BCUT2D eigenvalue weighted by Crippen LogP contribution is 2.34. The quantitative estimate of drug-likeness (QED) is 0.581. The molecule has 1 heteroatoms. The van der Waals surface area contributed by atoms with E-state index in [2.05, 4.69) is 24.9 Å². The number of rotatable bonds is 2. The lowest BCUT2D eigenvalue weighted by Crippen LogP contribution is -2.19. The summed E-state index contributed by atoms with van der Waals surface area (Å²) >= 11 is 0. The normalized spacial score (nSPS) is 31.8. The summed E-state index contributed by atoms with van der Waals surface area (Å²) < 4.78 is 0. The van der Waals surface area contributed by atoms with Gasteiger partial charge in [0, 0.05) is 0 Å². The Morgan fingerprint density at radius 2 is 1.83 bits per heavy atom. The largest absolute Gasteiger partial charge is 0.217 e. The average molecular weight is 186 g/mol. The van der Waals surface area contributed by atoms with Crippen molar-refractivity contribution in [1.29, 1.82) is 0 Å². The predicted octanol–water partition coefficient (Wildman–Crippen LogP) is 3.11. The minimum absolute atomic E-state index is 0.757. The smallest absolute Gasteiger partial charge is 0.0141 e. The van der Waals surface area contributed by atoms with Gasteiger partial charge < -0.3 is 0 Å². The van der Waals surface area contributed by atoms with Crippen LogP contribution >= 0.6 is 9.21 Å². The molecular weight excluding hydrogens is 164 g/mol. The van der Waals surface area contributed by atoms with E-state index in [0.29, 0.717) is 0 Å². The third-order valence-electron chi connectivity index (χ3n) is 2.91. The number of hydrogen-bond donors (Lipinski definition) is 0. The van der Waals surface area contributed by atoms with Crippen molar-refractivity contribution in [2.75, 3.05) is 12.0 Å². The fraction of sp³-hybridized carbons (Fsp3) is 0.818. The van der Waals surface area contributed by atoms with Gasteiger partial charge in [-0.1, -0.05) is 37.9 Å². The fourth-order valence-corrected chi connectivity index (χ4v) is 3.69. The predicted molar refractivity (Wildman–Crippen MR) is 63.7 cm³/mol. The molecule has 0 aromatic carbocycles. The van der Waals surface area contributed by atoms with Gasteiger partial charge in [0.05, 0.1) is 0 Å². The Hall–Kier alpha value is 0.0900. The molecule has 12 heavy (non-hydrogen) atoms. The molecule has 0 aromatic heterocycles. The van der Waals surface area contributed by atoms with Crippen LogP contribution in [0.15, 0.2) is 0 Å². The van der Waals surface area contributed by atoms with Gasteiger partial charge >= 0.3 is 0 Å². The maximum atomic E-state index is 4.17. The highest BCUT2D eigenvalue weighted by Gasteiger charge is 2.21. The van der Waals surface area contributed by atoms with E-state index in [1.807, 2.05) is 0 Å². The molecule has 0 radical (unpaired) electrons. The molecule has 0 amide bonds. The number of hydrogen-bond acceptors (Lipinski definition) is 0. The van der Waals surface area contributed by atoms with Crippen LogP contribution in [-0.2, 0) is 0 Å². The summed E-state index contributed by atoms with van der Waals surface area (Å²) in [4.78, 5) is 0. The maximum Gasteiger partial charge on any atom is -0.0141 e. The van der Waals surface area contributed by atoms with Crippen LogP contribution in [0.4, 0.5) is 0 Å². The van der Waals surface area contributed by atoms with Gasteiger partial charge in [0.1, 0.15) is 0 Å². The van der Waals surface area contributed by atoms with Crippen molar-refractivity contribution < 1.29 is 0 Å². The summed E-state index contributed by atoms with van der Waals surface area (Å²) in [6.45, 7) is 2.40. The van der Waals surface area contributed by atoms with Crippen LogP contribution in [0.2, 0.25) is 0 Å². The second-order valence-corrected chi connectivity index (χ2v) is 7.96. The second-order valence-electron chi connectivity index (χ2n) is 4.67. The third kappa shape index (κ3) is 3.22. The lowest BCUT2D eigenvalue weighted by molar-refractivity contribution is 0.282. The first kappa shape index (κ1) is 10.2. The Bertz CT molecular complexity index is 223. The van der Waals surface area contributed by atoms with Crippen molar-refractivity contribution in [3.63, 3.8) is 0 Å². The molecule has 72 valence electrons. The molecule has 0 aliphatic heterocycles. The SMILES string of the molecule is C=S(=C)(C)CC1CCCC[C@@H]1C. The van der Waals surface area contributed by atoms with Gasteiger partial charge in [-0.05, 0) is 30.3 Å². The molecule has 1 fully saturated rings. The summed E-state index contributed by atoms with van der Waals surface area (Å²) in [6, 6.07) is 0. The fourth-order valence-electron chi connectivity index (χ4n) is 2.16. The average Bonchev–Trinajstić information content (AvgIpc) is 1.91. The third-order valence-corrected chi connectivity index (χ3v) is 4.14. The highest BCUT2D eigenvalue weighted by atomic mass is 32.2. The van der Waals surface area contributed by atoms with Crippen LogP contribution < -0.4 is 0 Å². The summed E-state index contributed by atoms with van der Waals surface area (Å²) in [5.41, 5.74) is 0. The lowest BCUT2D eigenvalue weighted by Gasteiger charge is -2.30. The van der Waals surface area contributed by atoms with Crippen molar-refractivity contribution in [2.45, 2.75) is 32.6 Å². The van der Waals surface area contributed by atoms with Gasteiger partial charge in [-0.2, -0.15) is 0 Å². The van der Waals surface area contributed by atoms with E-state index in [-0.39, 0.29) is 0 Å². The van der Waals surface area contributed by atoms with Gasteiger partial charge in [-0.15, -0.1) is 0 Å². The molecular formula is C11H22S. The molecule has 1 saturated carbocycles. The molecule has 1 aliphatic rings. The van der Waals surface area contributed by atoms with Crippen LogP contribution in [0.1, 0.15) is 32.6 Å². The molecule has 1 aliphatic carbocycles. The van der Waals surface area contributed by atoms with E-state index in [4.69, 9.17) is 0 Å². The topological polar surface area (TPSA) is 0 Å². The molecule has 0 N–H and O–H groups in total. The van der Waals surface area contributed by atoms with Crippen LogP contribution in [0, 0.1) is 11.8 Å². The molecule has 1 rings (SSSR count). The van der Waals surface area contributed by atoms with Gasteiger partial charge in [0.2, 0.25) is 0 Å². The van der Waals surface area contributed by atoms with Crippen molar-refractivity contribution in [3.8, 4) is 0 Å². The minimum atomic E-state index is -0.757. The summed E-state index contributed by atoms with van der Waals surface area (Å²) in [7, 11) is -0.757. The molecule has 1 unspecified atom stereocenters. The van der Waals surface area contributed by atoms with Gasteiger partial charge in [0.15, 0.2) is 0 Å². The van der Waals surface area contributed by atoms with Gasteiger partial charge in [0.25, 0.3) is 0 Å². The minimum Gasteiger partial charge on any atom is -0.217 e. The summed E-state index contributed by atoms with van der Waals surface area (Å²) in [5, 5.41) is 0. The monoisotopic (exact) mass is 186 g/mol. The first-order chi connectivity index (χ1) is 5.49. The van der Waals surface area contributed by atoms with E-state index in [1.165, 1.54) is 31.4 Å². The zero-order valence-corrected chi connectivity index (χ0v) is 9.33.